The van der Waals surface area contributed by atoms with Crippen LogP contribution in [0.2, 0.25) is 0 Å². The minimum Gasteiger partial charge on any atom is -0.352 e. The first-order valence-corrected chi connectivity index (χ1v) is 12.6. The number of carbonyl (C=O) groups is 2. The summed E-state index contributed by atoms with van der Waals surface area (Å²) in [4.78, 5) is 28.8. The van der Waals surface area contributed by atoms with Gasteiger partial charge in [0.15, 0.2) is 0 Å². The van der Waals surface area contributed by atoms with E-state index in [2.05, 4.69) is 36.5 Å². The van der Waals surface area contributed by atoms with Crippen LogP contribution >= 0.6 is 0 Å². The van der Waals surface area contributed by atoms with Gasteiger partial charge in [0.2, 0.25) is 11.8 Å². The van der Waals surface area contributed by atoms with Gasteiger partial charge in [0.25, 0.3) is 0 Å². The van der Waals surface area contributed by atoms with Gasteiger partial charge in [-0.3, -0.25) is 9.59 Å². The highest BCUT2D eigenvalue weighted by Gasteiger charge is 2.30. The van der Waals surface area contributed by atoms with Gasteiger partial charge in [-0.2, -0.15) is 0 Å². The molecule has 35 heavy (non-hydrogen) atoms. The molecule has 0 saturated heterocycles. The smallest absolute Gasteiger partial charge is 0.243 e. The zero-order valence-electron chi connectivity index (χ0n) is 21.5. The summed E-state index contributed by atoms with van der Waals surface area (Å²) < 4.78 is 0. The average Bonchev–Trinajstić information content (AvgIpc) is 2.86. The van der Waals surface area contributed by atoms with Gasteiger partial charge in [0, 0.05) is 25.4 Å². The molecule has 0 spiro atoms. The van der Waals surface area contributed by atoms with Gasteiger partial charge >= 0.3 is 0 Å². The standard InChI is InChI=1S/C31H38N2O2/c1-5-25-15-17-26(18-16-25)19-20-30(34)33(22-28-13-11-24(4)12-14-28)29(31(35)32-23(2)3)21-27-9-7-6-8-10-27/h6-18,23,29H,5,19-22H2,1-4H3,(H,32,35)/t29-/m0/s1. The summed E-state index contributed by atoms with van der Waals surface area (Å²) in [5, 5.41) is 3.05. The summed E-state index contributed by atoms with van der Waals surface area (Å²) in [6.07, 6.45) is 2.48. The lowest BCUT2D eigenvalue weighted by molar-refractivity contribution is -0.141. The van der Waals surface area contributed by atoms with E-state index >= 15 is 0 Å². The molecule has 3 aromatic rings. The van der Waals surface area contributed by atoms with Crippen molar-refractivity contribution in [1.82, 2.24) is 10.2 Å². The molecule has 0 heterocycles. The van der Waals surface area contributed by atoms with Crippen molar-refractivity contribution in [3.8, 4) is 0 Å². The first-order chi connectivity index (χ1) is 16.9. The lowest BCUT2D eigenvalue weighted by Crippen LogP contribution is -2.51. The van der Waals surface area contributed by atoms with E-state index in [1.807, 2.05) is 75.4 Å². The summed E-state index contributed by atoms with van der Waals surface area (Å²) in [5.41, 5.74) is 5.65. The molecule has 3 rings (SSSR count). The molecular weight excluding hydrogens is 432 g/mol. The molecule has 4 nitrogen and oxygen atoms in total. The molecule has 0 radical (unpaired) electrons. The fourth-order valence-electron chi connectivity index (χ4n) is 4.16. The van der Waals surface area contributed by atoms with Crippen molar-refractivity contribution >= 4 is 11.8 Å². The van der Waals surface area contributed by atoms with Crippen LogP contribution in [0.25, 0.3) is 0 Å². The van der Waals surface area contributed by atoms with Crippen LogP contribution in [0.4, 0.5) is 0 Å². The summed E-state index contributed by atoms with van der Waals surface area (Å²) in [6.45, 7) is 8.48. The van der Waals surface area contributed by atoms with Crippen LogP contribution in [-0.4, -0.2) is 28.8 Å². The van der Waals surface area contributed by atoms with E-state index < -0.39 is 6.04 Å². The number of benzene rings is 3. The zero-order chi connectivity index (χ0) is 25.2. The van der Waals surface area contributed by atoms with Crippen LogP contribution < -0.4 is 5.32 Å². The first-order valence-electron chi connectivity index (χ1n) is 12.6. The maximum Gasteiger partial charge on any atom is 0.243 e. The van der Waals surface area contributed by atoms with Crippen LogP contribution in [0.3, 0.4) is 0 Å². The van der Waals surface area contributed by atoms with Crippen molar-refractivity contribution in [1.29, 1.82) is 0 Å². The van der Waals surface area contributed by atoms with E-state index in [1.165, 1.54) is 11.1 Å². The summed E-state index contributed by atoms with van der Waals surface area (Å²) in [7, 11) is 0. The Bertz CT molecular complexity index is 1070. The number of rotatable bonds is 11. The summed E-state index contributed by atoms with van der Waals surface area (Å²) in [5.74, 6) is -0.124. The molecule has 4 heteroatoms. The van der Waals surface area contributed by atoms with Gasteiger partial charge in [-0.25, -0.2) is 0 Å². The van der Waals surface area contributed by atoms with Crippen molar-refractivity contribution in [2.75, 3.05) is 0 Å². The third kappa shape index (κ3) is 8.10. The van der Waals surface area contributed by atoms with Crippen molar-refractivity contribution in [3.63, 3.8) is 0 Å². The fraction of sp³-hybridized carbons (Fsp3) is 0.355. The largest absolute Gasteiger partial charge is 0.352 e. The molecule has 1 N–H and O–H groups in total. The predicted molar refractivity (Wildman–Crippen MR) is 143 cm³/mol. The first kappa shape index (κ1) is 26.2. The maximum atomic E-state index is 13.7. The zero-order valence-corrected chi connectivity index (χ0v) is 21.5. The molecule has 0 bridgehead atoms. The van der Waals surface area contributed by atoms with Crippen LogP contribution in [0.5, 0.6) is 0 Å². The van der Waals surface area contributed by atoms with Crippen molar-refractivity contribution in [2.45, 2.75) is 72.0 Å². The normalized spacial score (nSPS) is 11.8. The van der Waals surface area contributed by atoms with Gasteiger partial charge in [-0.1, -0.05) is 91.3 Å². The second-order valence-corrected chi connectivity index (χ2v) is 9.55. The third-order valence-electron chi connectivity index (χ3n) is 6.23. The number of aryl methyl sites for hydroxylation is 3. The Morgan fingerprint density at radius 2 is 1.40 bits per heavy atom. The minimum atomic E-state index is -0.587. The number of carbonyl (C=O) groups excluding carboxylic acids is 2. The van der Waals surface area contributed by atoms with Gasteiger partial charge in [-0.15, -0.1) is 0 Å². The van der Waals surface area contributed by atoms with E-state index in [4.69, 9.17) is 0 Å². The van der Waals surface area contributed by atoms with Crippen LogP contribution in [0.1, 0.15) is 55.0 Å². The van der Waals surface area contributed by atoms with Gasteiger partial charge in [0.05, 0.1) is 0 Å². The van der Waals surface area contributed by atoms with Crippen LogP contribution in [-0.2, 0) is 35.4 Å². The highest BCUT2D eigenvalue weighted by atomic mass is 16.2. The average molecular weight is 471 g/mol. The van der Waals surface area contributed by atoms with E-state index in [-0.39, 0.29) is 17.9 Å². The van der Waals surface area contributed by atoms with Gasteiger partial charge in [-0.05, 0) is 55.9 Å². The van der Waals surface area contributed by atoms with Crippen LogP contribution in [0, 0.1) is 6.92 Å². The molecule has 0 fully saturated rings. The van der Waals surface area contributed by atoms with E-state index in [9.17, 15) is 9.59 Å². The molecule has 0 aliphatic rings. The Hall–Kier alpha value is -3.40. The topological polar surface area (TPSA) is 49.4 Å². The van der Waals surface area contributed by atoms with Crippen molar-refractivity contribution in [3.05, 3.63) is 107 Å². The molecular formula is C31H38N2O2. The molecule has 0 aliphatic carbocycles. The van der Waals surface area contributed by atoms with E-state index in [1.54, 1.807) is 4.90 Å². The Morgan fingerprint density at radius 3 is 2.00 bits per heavy atom. The lowest BCUT2D eigenvalue weighted by Gasteiger charge is -2.32. The van der Waals surface area contributed by atoms with E-state index in [0.29, 0.717) is 25.8 Å². The summed E-state index contributed by atoms with van der Waals surface area (Å²) >= 11 is 0. The second-order valence-electron chi connectivity index (χ2n) is 9.55. The molecule has 0 aliphatic heterocycles. The number of nitrogens with zero attached hydrogens (tertiary/aromatic N) is 1. The Kier molecular flexibility index (Phi) is 9.66. The Morgan fingerprint density at radius 1 is 0.800 bits per heavy atom. The highest BCUT2D eigenvalue weighted by molar-refractivity contribution is 5.88. The number of nitrogens with one attached hydrogen (secondary N) is 1. The Balaban J connectivity index is 1.87. The number of hydrogen-bond acceptors (Lipinski definition) is 2. The SMILES string of the molecule is CCc1ccc(CCC(=O)N(Cc2ccc(C)cc2)[C@@H](Cc2ccccc2)C(=O)NC(C)C)cc1. The predicted octanol–water partition coefficient (Wildman–Crippen LogP) is 5.65. The molecule has 2 amide bonds. The molecule has 1 atom stereocenters. The van der Waals surface area contributed by atoms with Gasteiger partial charge in [0.1, 0.15) is 6.04 Å². The molecule has 0 unspecified atom stereocenters. The van der Waals surface area contributed by atoms with Crippen molar-refractivity contribution in [2.24, 2.45) is 0 Å². The van der Waals surface area contributed by atoms with Gasteiger partial charge < -0.3 is 10.2 Å². The number of amides is 2. The maximum absolute atomic E-state index is 13.7. The molecule has 3 aromatic carbocycles. The van der Waals surface area contributed by atoms with Crippen molar-refractivity contribution < 1.29 is 9.59 Å². The quantitative estimate of drug-likeness (QED) is 0.393. The lowest BCUT2D eigenvalue weighted by atomic mass is 10.0. The second kappa shape index (κ2) is 12.9. The summed E-state index contributed by atoms with van der Waals surface area (Å²) in [6, 6.07) is 26.0. The molecule has 0 aromatic heterocycles. The molecule has 184 valence electrons. The minimum absolute atomic E-state index is 0.00539. The highest BCUT2D eigenvalue weighted by Crippen LogP contribution is 2.18. The fourth-order valence-corrected chi connectivity index (χ4v) is 4.16. The molecule has 0 saturated carbocycles. The monoisotopic (exact) mass is 470 g/mol. The van der Waals surface area contributed by atoms with Crippen LogP contribution in [0.15, 0.2) is 78.9 Å². The Labute approximate surface area is 210 Å². The third-order valence-corrected chi connectivity index (χ3v) is 6.23. The number of hydrogen-bond donors (Lipinski definition) is 1. The van der Waals surface area contributed by atoms with E-state index in [0.717, 1.165) is 23.1 Å².